The van der Waals surface area contributed by atoms with Crippen molar-refractivity contribution >= 4 is 33.2 Å². The molecule has 31 heavy (non-hydrogen) atoms. The van der Waals surface area contributed by atoms with E-state index in [4.69, 9.17) is 21.1 Å². The van der Waals surface area contributed by atoms with Crippen LogP contribution in [0.3, 0.4) is 0 Å². The summed E-state index contributed by atoms with van der Waals surface area (Å²) in [6, 6.07) is 9.67. The first-order valence-corrected chi connectivity index (χ1v) is 11.9. The van der Waals surface area contributed by atoms with Crippen molar-refractivity contribution in [2.24, 2.45) is 0 Å². The molecule has 0 aliphatic heterocycles. The number of halogens is 1. The smallest absolute Gasteiger partial charge is 0.255 e. The summed E-state index contributed by atoms with van der Waals surface area (Å²) >= 11 is 6.32. The van der Waals surface area contributed by atoms with Crippen LogP contribution in [0, 0.1) is 0 Å². The SMILES string of the molecule is C=CCNS(=O)(=O)Cc1ccc(NC(=O)c2cc(Cl)c(OCCC)c(OCC)c2)cc1. The lowest BCUT2D eigenvalue weighted by Crippen LogP contribution is -2.25. The van der Waals surface area contributed by atoms with Gasteiger partial charge in [0.05, 0.1) is 24.0 Å². The molecule has 2 aromatic rings. The lowest BCUT2D eigenvalue weighted by molar-refractivity contribution is 0.102. The van der Waals surface area contributed by atoms with Crippen molar-refractivity contribution in [2.75, 3.05) is 25.1 Å². The number of anilines is 1. The number of carbonyl (C=O) groups is 1. The molecule has 7 nitrogen and oxygen atoms in total. The molecule has 0 heterocycles. The second-order valence-corrected chi connectivity index (χ2v) is 8.83. The third-order valence-electron chi connectivity index (χ3n) is 4.04. The van der Waals surface area contributed by atoms with Crippen LogP contribution in [0.5, 0.6) is 11.5 Å². The summed E-state index contributed by atoms with van der Waals surface area (Å²) in [4.78, 5) is 12.7. The minimum Gasteiger partial charge on any atom is -0.490 e. The Bertz CT molecular complexity index is 1010. The molecule has 0 fully saturated rings. The topological polar surface area (TPSA) is 93.7 Å². The van der Waals surface area contributed by atoms with Crippen LogP contribution in [0.25, 0.3) is 0 Å². The second kappa shape index (κ2) is 11.7. The molecule has 1 amide bonds. The number of amides is 1. The van der Waals surface area contributed by atoms with Gasteiger partial charge in [-0.15, -0.1) is 6.58 Å². The Hall–Kier alpha value is -2.55. The highest BCUT2D eigenvalue weighted by atomic mass is 35.5. The predicted octanol–water partition coefficient (Wildman–Crippen LogP) is 4.39. The van der Waals surface area contributed by atoms with E-state index < -0.39 is 10.0 Å². The molecule has 2 N–H and O–H groups in total. The molecule has 0 aromatic heterocycles. The molecule has 0 saturated heterocycles. The van der Waals surface area contributed by atoms with Crippen LogP contribution >= 0.6 is 11.6 Å². The predicted molar refractivity (Wildman–Crippen MR) is 124 cm³/mol. The molecular formula is C22H27ClN2O5S. The third kappa shape index (κ3) is 7.57. The number of sulfonamides is 1. The summed E-state index contributed by atoms with van der Waals surface area (Å²) in [5, 5.41) is 3.06. The summed E-state index contributed by atoms with van der Waals surface area (Å²) in [5.41, 5.74) is 1.43. The maximum Gasteiger partial charge on any atom is 0.255 e. The maximum atomic E-state index is 12.7. The van der Waals surface area contributed by atoms with Crippen LogP contribution in [0.15, 0.2) is 49.1 Å². The van der Waals surface area contributed by atoms with Gasteiger partial charge in [-0.25, -0.2) is 13.1 Å². The van der Waals surface area contributed by atoms with E-state index in [1.807, 2.05) is 13.8 Å². The van der Waals surface area contributed by atoms with Crippen molar-refractivity contribution in [2.45, 2.75) is 26.0 Å². The van der Waals surface area contributed by atoms with Gasteiger partial charge < -0.3 is 14.8 Å². The number of hydrogen-bond acceptors (Lipinski definition) is 5. The molecule has 0 aliphatic carbocycles. The van der Waals surface area contributed by atoms with Crippen molar-refractivity contribution in [1.82, 2.24) is 4.72 Å². The fraction of sp³-hybridized carbons (Fsp3) is 0.318. The van der Waals surface area contributed by atoms with Gasteiger partial charge in [-0.1, -0.05) is 36.7 Å². The minimum absolute atomic E-state index is 0.165. The molecule has 0 saturated carbocycles. The lowest BCUT2D eigenvalue weighted by Gasteiger charge is -2.15. The highest BCUT2D eigenvalue weighted by molar-refractivity contribution is 7.88. The summed E-state index contributed by atoms with van der Waals surface area (Å²) in [5.74, 6) is 0.276. The average molecular weight is 467 g/mol. The zero-order valence-electron chi connectivity index (χ0n) is 17.6. The Morgan fingerprint density at radius 1 is 1.16 bits per heavy atom. The number of carbonyl (C=O) groups excluding carboxylic acids is 1. The van der Waals surface area contributed by atoms with Crippen molar-refractivity contribution < 1.29 is 22.7 Å². The molecule has 0 radical (unpaired) electrons. The highest BCUT2D eigenvalue weighted by Gasteiger charge is 2.17. The molecule has 0 aliphatic rings. The zero-order valence-corrected chi connectivity index (χ0v) is 19.2. The number of benzene rings is 2. The Balaban J connectivity index is 2.13. The fourth-order valence-corrected chi connectivity index (χ4v) is 4.02. The molecule has 0 unspecified atom stereocenters. The first-order chi connectivity index (χ1) is 14.8. The number of ether oxygens (including phenoxy) is 2. The second-order valence-electron chi connectivity index (χ2n) is 6.61. The number of rotatable bonds is 12. The Morgan fingerprint density at radius 2 is 1.87 bits per heavy atom. The first kappa shape index (κ1) is 24.7. The van der Waals surface area contributed by atoms with Crippen LogP contribution < -0.4 is 19.5 Å². The van der Waals surface area contributed by atoms with E-state index in [0.717, 1.165) is 6.42 Å². The van der Waals surface area contributed by atoms with Gasteiger partial charge in [0.2, 0.25) is 10.0 Å². The Kier molecular flexibility index (Phi) is 9.36. The summed E-state index contributed by atoms with van der Waals surface area (Å²) < 4.78 is 37.6. The van der Waals surface area contributed by atoms with Crippen LogP contribution in [0.1, 0.15) is 36.2 Å². The molecule has 0 spiro atoms. The van der Waals surface area contributed by atoms with E-state index >= 15 is 0 Å². The highest BCUT2D eigenvalue weighted by Crippen LogP contribution is 2.37. The maximum absolute atomic E-state index is 12.7. The van der Waals surface area contributed by atoms with Crippen LogP contribution in [-0.4, -0.2) is 34.1 Å². The average Bonchev–Trinajstić information content (AvgIpc) is 2.73. The van der Waals surface area contributed by atoms with E-state index in [-0.39, 0.29) is 23.2 Å². The standard InChI is InChI=1S/C22H27ClN2O5S/c1-4-11-24-31(27,28)15-16-7-9-18(10-8-16)25-22(26)17-13-19(23)21(30-12-5-2)20(14-17)29-6-3/h4,7-10,13-14,24H,1,5-6,11-12,15H2,2-3H3,(H,25,26). The van der Waals surface area contributed by atoms with Crippen molar-refractivity contribution in [3.8, 4) is 11.5 Å². The van der Waals surface area contributed by atoms with E-state index in [1.54, 1.807) is 30.3 Å². The van der Waals surface area contributed by atoms with Gasteiger partial charge >= 0.3 is 0 Å². The molecule has 2 aromatic carbocycles. The van der Waals surface area contributed by atoms with Gasteiger partial charge in [0.25, 0.3) is 5.91 Å². The molecule has 168 valence electrons. The Morgan fingerprint density at radius 3 is 2.48 bits per heavy atom. The van der Waals surface area contributed by atoms with Gasteiger partial charge in [-0.3, -0.25) is 4.79 Å². The monoisotopic (exact) mass is 466 g/mol. The van der Waals surface area contributed by atoms with Crippen molar-refractivity contribution in [3.63, 3.8) is 0 Å². The normalized spacial score (nSPS) is 11.1. The largest absolute Gasteiger partial charge is 0.490 e. The quantitative estimate of drug-likeness (QED) is 0.452. The van der Waals surface area contributed by atoms with Crippen LogP contribution in [0.4, 0.5) is 5.69 Å². The van der Waals surface area contributed by atoms with Gasteiger partial charge in [0, 0.05) is 17.8 Å². The van der Waals surface area contributed by atoms with E-state index in [9.17, 15) is 13.2 Å². The lowest BCUT2D eigenvalue weighted by atomic mass is 10.1. The van der Waals surface area contributed by atoms with Crippen LogP contribution in [0.2, 0.25) is 5.02 Å². The number of hydrogen-bond donors (Lipinski definition) is 2. The van der Waals surface area contributed by atoms with E-state index in [1.165, 1.54) is 12.1 Å². The Labute approximate surface area is 188 Å². The first-order valence-electron chi connectivity index (χ1n) is 9.87. The summed E-state index contributed by atoms with van der Waals surface area (Å²) in [6.07, 6.45) is 2.29. The van der Waals surface area contributed by atoms with Gasteiger partial charge in [-0.2, -0.15) is 0 Å². The van der Waals surface area contributed by atoms with Gasteiger partial charge in [-0.05, 0) is 43.2 Å². The van der Waals surface area contributed by atoms with Crippen LogP contribution in [-0.2, 0) is 15.8 Å². The molecular weight excluding hydrogens is 440 g/mol. The minimum atomic E-state index is -3.45. The fourth-order valence-electron chi connectivity index (χ4n) is 2.65. The summed E-state index contributed by atoms with van der Waals surface area (Å²) in [6.45, 7) is 8.35. The third-order valence-corrected chi connectivity index (χ3v) is 5.64. The van der Waals surface area contributed by atoms with E-state index in [0.29, 0.717) is 41.5 Å². The molecule has 9 heteroatoms. The van der Waals surface area contributed by atoms with Gasteiger partial charge in [0.15, 0.2) is 11.5 Å². The van der Waals surface area contributed by atoms with Crippen molar-refractivity contribution in [1.29, 1.82) is 0 Å². The van der Waals surface area contributed by atoms with E-state index in [2.05, 4.69) is 16.6 Å². The summed E-state index contributed by atoms with van der Waals surface area (Å²) in [7, 11) is -3.45. The van der Waals surface area contributed by atoms with Gasteiger partial charge in [0.1, 0.15) is 0 Å². The molecule has 0 atom stereocenters. The van der Waals surface area contributed by atoms with Crippen molar-refractivity contribution in [3.05, 3.63) is 65.2 Å². The molecule has 2 rings (SSSR count). The molecule has 0 bridgehead atoms. The number of nitrogens with one attached hydrogen (secondary N) is 2. The zero-order chi connectivity index (χ0) is 22.9.